The summed E-state index contributed by atoms with van der Waals surface area (Å²) >= 11 is 7.52. The number of hydrogen-bond acceptors (Lipinski definition) is 5. The molecule has 1 saturated heterocycles. The number of benzene rings is 1. The molecule has 2 rings (SSSR count). The van der Waals surface area contributed by atoms with Crippen LogP contribution in [0.5, 0.6) is 11.5 Å². The van der Waals surface area contributed by atoms with Crippen molar-refractivity contribution in [1.29, 1.82) is 0 Å². The topological polar surface area (TPSA) is 30.9 Å². The second-order valence-corrected chi connectivity index (χ2v) is 6.59. The molecule has 0 radical (unpaired) electrons. The Bertz CT molecular complexity index is 490. The van der Waals surface area contributed by atoms with Gasteiger partial charge in [-0.1, -0.05) is 19.1 Å². The van der Waals surface area contributed by atoms with Crippen molar-refractivity contribution in [3.63, 3.8) is 0 Å². The summed E-state index contributed by atoms with van der Waals surface area (Å²) in [7, 11) is 1.66. The molecule has 0 amide bonds. The van der Waals surface area contributed by atoms with Crippen LogP contribution in [0.1, 0.15) is 12.5 Å². The third-order valence-corrected chi connectivity index (χ3v) is 4.75. The van der Waals surface area contributed by atoms with Crippen LogP contribution in [0.15, 0.2) is 18.2 Å². The fourth-order valence-electron chi connectivity index (χ4n) is 2.22. The lowest BCUT2D eigenvalue weighted by atomic mass is 10.1. The molecule has 1 aromatic carbocycles. The molecule has 0 atom stereocenters. The monoisotopic (exact) mass is 341 g/mol. The van der Waals surface area contributed by atoms with Crippen LogP contribution >= 0.6 is 24.0 Å². The molecule has 1 aromatic rings. The van der Waals surface area contributed by atoms with E-state index in [2.05, 4.69) is 11.8 Å². The van der Waals surface area contributed by atoms with Gasteiger partial charge in [-0.15, -0.1) is 0 Å². The number of thiocarbonyl (C=S) groups is 1. The highest BCUT2D eigenvalue weighted by Crippen LogP contribution is 2.27. The molecule has 0 aromatic heterocycles. The molecule has 4 nitrogen and oxygen atoms in total. The second kappa shape index (κ2) is 9.22. The maximum Gasteiger partial charge on any atom is 0.133 e. The Morgan fingerprint density at radius 1 is 1.36 bits per heavy atom. The summed E-state index contributed by atoms with van der Waals surface area (Å²) in [6.45, 7) is 5.92. The highest BCUT2D eigenvalue weighted by atomic mass is 32.2. The maximum atomic E-state index is 5.95. The number of methoxy groups -OCH3 is 1. The molecule has 1 aliphatic heterocycles. The van der Waals surface area contributed by atoms with Crippen molar-refractivity contribution in [1.82, 2.24) is 4.90 Å². The molecule has 1 fully saturated rings. The molecule has 22 heavy (non-hydrogen) atoms. The third kappa shape index (κ3) is 4.76. The quantitative estimate of drug-likeness (QED) is 0.560. The molecule has 0 unspecified atom stereocenters. The van der Waals surface area contributed by atoms with E-state index in [1.54, 1.807) is 7.11 Å². The van der Waals surface area contributed by atoms with Crippen molar-refractivity contribution in [3.05, 3.63) is 23.8 Å². The van der Waals surface area contributed by atoms with E-state index in [9.17, 15) is 0 Å². The standard InChI is InChI=1S/C16H23NO3S2/c1-3-22-11-10-20-15-12-13(18-2)4-5-14(15)16(21)17-6-8-19-9-7-17/h4-5,12H,3,6-11H2,1-2H3. The smallest absolute Gasteiger partial charge is 0.133 e. The fourth-order valence-corrected chi connectivity index (χ4v) is 3.06. The van der Waals surface area contributed by atoms with Gasteiger partial charge in [-0.25, -0.2) is 0 Å². The summed E-state index contributed by atoms with van der Waals surface area (Å²) in [5, 5.41) is 0. The Morgan fingerprint density at radius 2 is 2.14 bits per heavy atom. The molecule has 1 heterocycles. The second-order valence-electron chi connectivity index (χ2n) is 4.81. The first-order chi connectivity index (χ1) is 10.8. The van der Waals surface area contributed by atoms with Gasteiger partial charge in [0.25, 0.3) is 0 Å². The van der Waals surface area contributed by atoms with Crippen LogP contribution in [0.4, 0.5) is 0 Å². The van der Waals surface area contributed by atoms with Crippen LogP contribution in [0.3, 0.4) is 0 Å². The lowest BCUT2D eigenvalue weighted by Crippen LogP contribution is -2.40. The van der Waals surface area contributed by atoms with Gasteiger partial charge >= 0.3 is 0 Å². The largest absolute Gasteiger partial charge is 0.497 e. The average Bonchev–Trinajstić information content (AvgIpc) is 2.58. The molecular formula is C16H23NO3S2. The first-order valence-corrected chi connectivity index (χ1v) is 9.08. The maximum absolute atomic E-state index is 5.95. The van der Waals surface area contributed by atoms with Crippen LogP contribution < -0.4 is 9.47 Å². The van der Waals surface area contributed by atoms with Gasteiger partial charge in [-0.3, -0.25) is 0 Å². The van der Waals surface area contributed by atoms with Crippen LogP contribution in [0, 0.1) is 0 Å². The van der Waals surface area contributed by atoms with Crippen molar-refractivity contribution in [2.75, 3.05) is 51.5 Å². The number of hydrogen-bond donors (Lipinski definition) is 0. The van der Waals surface area contributed by atoms with E-state index < -0.39 is 0 Å². The highest BCUT2D eigenvalue weighted by Gasteiger charge is 2.19. The van der Waals surface area contributed by atoms with Crippen molar-refractivity contribution in [2.45, 2.75) is 6.92 Å². The third-order valence-electron chi connectivity index (χ3n) is 3.41. The fraction of sp³-hybridized carbons (Fsp3) is 0.562. The minimum Gasteiger partial charge on any atom is -0.497 e. The summed E-state index contributed by atoms with van der Waals surface area (Å²) in [6.07, 6.45) is 0. The van der Waals surface area contributed by atoms with Crippen LogP contribution in [-0.4, -0.2) is 61.4 Å². The Balaban J connectivity index is 2.11. The zero-order chi connectivity index (χ0) is 15.8. The number of morpholine rings is 1. The Hall–Kier alpha value is -0.980. The van der Waals surface area contributed by atoms with E-state index in [4.69, 9.17) is 26.4 Å². The minimum absolute atomic E-state index is 0.671. The van der Waals surface area contributed by atoms with Crippen LogP contribution in [-0.2, 0) is 4.74 Å². The number of rotatable bonds is 7. The van der Waals surface area contributed by atoms with Gasteiger partial charge in [0, 0.05) is 24.9 Å². The summed E-state index contributed by atoms with van der Waals surface area (Å²) in [4.78, 5) is 3.00. The summed E-state index contributed by atoms with van der Waals surface area (Å²) in [5.41, 5.74) is 0.958. The molecular weight excluding hydrogens is 318 g/mol. The van der Waals surface area contributed by atoms with Crippen molar-refractivity contribution in [2.24, 2.45) is 0 Å². The van der Waals surface area contributed by atoms with Crippen LogP contribution in [0.25, 0.3) is 0 Å². The van der Waals surface area contributed by atoms with E-state index >= 15 is 0 Å². The van der Waals surface area contributed by atoms with Gasteiger partial charge in [0.05, 0.1) is 32.5 Å². The van der Waals surface area contributed by atoms with E-state index in [-0.39, 0.29) is 0 Å². The Labute approximate surface area is 142 Å². The van der Waals surface area contributed by atoms with Crippen LogP contribution in [0.2, 0.25) is 0 Å². The van der Waals surface area contributed by atoms with E-state index in [0.29, 0.717) is 6.61 Å². The van der Waals surface area contributed by atoms with Crippen molar-refractivity contribution < 1.29 is 14.2 Å². The first-order valence-electron chi connectivity index (χ1n) is 7.52. The normalized spacial score (nSPS) is 14.7. The lowest BCUT2D eigenvalue weighted by Gasteiger charge is -2.30. The highest BCUT2D eigenvalue weighted by molar-refractivity contribution is 7.99. The van der Waals surface area contributed by atoms with Gasteiger partial charge < -0.3 is 19.1 Å². The summed E-state index contributed by atoms with van der Waals surface area (Å²) in [6, 6.07) is 5.83. The van der Waals surface area contributed by atoms with E-state index in [1.807, 2.05) is 30.0 Å². The molecule has 0 bridgehead atoms. The SMILES string of the molecule is CCSCCOc1cc(OC)ccc1C(=S)N1CCOCC1. The first kappa shape index (κ1) is 17.4. The molecule has 0 saturated carbocycles. The number of ether oxygens (including phenoxy) is 3. The molecule has 0 N–H and O–H groups in total. The predicted molar refractivity (Wildman–Crippen MR) is 95.6 cm³/mol. The molecule has 6 heteroatoms. The van der Waals surface area contributed by atoms with Gasteiger partial charge in [0.2, 0.25) is 0 Å². The molecule has 0 spiro atoms. The van der Waals surface area contributed by atoms with Crippen molar-refractivity contribution >= 4 is 29.0 Å². The number of nitrogens with zero attached hydrogens (tertiary/aromatic N) is 1. The Kier molecular flexibility index (Phi) is 7.29. The lowest BCUT2D eigenvalue weighted by molar-refractivity contribution is 0.0692. The molecule has 122 valence electrons. The summed E-state index contributed by atoms with van der Waals surface area (Å²) < 4.78 is 16.6. The van der Waals surface area contributed by atoms with Gasteiger partial charge in [-0.05, 0) is 17.9 Å². The van der Waals surface area contributed by atoms with Gasteiger partial charge in [-0.2, -0.15) is 11.8 Å². The molecule has 0 aliphatic carbocycles. The zero-order valence-electron chi connectivity index (χ0n) is 13.2. The number of thioether (sulfide) groups is 1. The van der Waals surface area contributed by atoms with E-state index in [0.717, 1.165) is 59.9 Å². The summed E-state index contributed by atoms with van der Waals surface area (Å²) in [5.74, 6) is 3.65. The van der Waals surface area contributed by atoms with Gasteiger partial charge in [0.15, 0.2) is 0 Å². The molecule has 1 aliphatic rings. The minimum atomic E-state index is 0.671. The van der Waals surface area contributed by atoms with E-state index in [1.165, 1.54) is 0 Å². The van der Waals surface area contributed by atoms with Gasteiger partial charge in [0.1, 0.15) is 16.5 Å². The Morgan fingerprint density at radius 3 is 2.82 bits per heavy atom. The average molecular weight is 341 g/mol. The van der Waals surface area contributed by atoms with Crippen molar-refractivity contribution in [3.8, 4) is 11.5 Å². The predicted octanol–water partition coefficient (Wildman–Crippen LogP) is 2.83. The zero-order valence-corrected chi connectivity index (χ0v) is 14.8.